The Bertz CT molecular complexity index is 911. The first-order valence-corrected chi connectivity index (χ1v) is 10.3. The number of benzene rings is 2. The van der Waals surface area contributed by atoms with Crippen LogP contribution in [0.3, 0.4) is 0 Å². The summed E-state index contributed by atoms with van der Waals surface area (Å²) in [6.45, 7) is 1.21. The summed E-state index contributed by atoms with van der Waals surface area (Å²) in [5.41, 5.74) is 7.74. The van der Waals surface area contributed by atoms with Crippen LogP contribution in [-0.2, 0) is 22.8 Å². The molecule has 28 heavy (non-hydrogen) atoms. The number of guanidine groups is 1. The molecule has 4 N–H and O–H groups in total. The van der Waals surface area contributed by atoms with Crippen LogP contribution in [0.4, 0.5) is 0 Å². The molecule has 0 bridgehead atoms. The number of sulfone groups is 1. The van der Waals surface area contributed by atoms with Crippen LogP contribution in [-0.4, -0.2) is 40.1 Å². The summed E-state index contributed by atoms with van der Waals surface area (Å²) in [7, 11) is -1.48. The van der Waals surface area contributed by atoms with Crippen LogP contribution < -0.4 is 16.4 Å². The number of hydrogen-bond donors (Lipinski definition) is 3. The highest BCUT2D eigenvalue weighted by Gasteiger charge is 2.06. The largest absolute Gasteiger partial charge is 0.366 e. The Morgan fingerprint density at radius 3 is 2.07 bits per heavy atom. The molecule has 0 saturated carbocycles. The van der Waals surface area contributed by atoms with Crippen LogP contribution in [0.2, 0.25) is 0 Å². The summed E-state index contributed by atoms with van der Waals surface area (Å²) < 4.78 is 22.9. The van der Waals surface area contributed by atoms with Crippen molar-refractivity contribution in [1.82, 2.24) is 10.6 Å². The molecule has 0 saturated heterocycles. The van der Waals surface area contributed by atoms with E-state index in [4.69, 9.17) is 5.73 Å². The molecule has 152 valence electrons. The van der Waals surface area contributed by atoms with E-state index in [-0.39, 0.29) is 24.0 Å². The summed E-state index contributed by atoms with van der Waals surface area (Å²) in [4.78, 5) is 15.6. The molecule has 0 unspecified atom stereocenters. The maximum atomic E-state index is 11.5. The Morgan fingerprint density at radius 2 is 1.57 bits per heavy atom. The van der Waals surface area contributed by atoms with Crippen molar-refractivity contribution in [2.45, 2.75) is 17.9 Å². The van der Waals surface area contributed by atoms with Crippen molar-refractivity contribution in [1.29, 1.82) is 0 Å². The summed E-state index contributed by atoms with van der Waals surface area (Å²) in [6.07, 6.45) is 1.93. The van der Waals surface area contributed by atoms with E-state index in [2.05, 4.69) is 15.6 Å². The van der Waals surface area contributed by atoms with Crippen molar-refractivity contribution in [2.75, 3.05) is 19.8 Å². The Hall–Kier alpha value is -2.14. The Balaban J connectivity index is 0.00000392. The molecular formula is C19H25IN4O3S. The lowest BCUT2D eigenvalue weighted by molar-refractivity contribution is 0.100. The van der Waals surface area contributed by atoms with E-state index in [0.717, 1.165) is 17.5 Å². The Morgan fingerprint density at radius 1 is 1.00 bits per heavy atom. The van der Waals surface area contributed by atoms with Crippen LogP contribution in [0.25, 0.3) is 0 Å². The number of rotatable bonds is 7. The van der Waals surface area contributed by atoms with E-state index >= 15 is 0 Å². The van der Waals surface area contributed by atoms with E-state index in [9.17, 15) is 13.2 Å². The third-order valence-corrected chi connectivity index (χ3v) is 5.11. The summed E-state index contributed by atoms with van der Waals surface area (Å²) in [5.74, 6) is 0.207. The van der Waals surface area contributed by atoms with Crippen LogP contribution in [0, 0.1) is 0 Å². The molecule has 2 aromatic carbocycles. The van der Waals surface area contributed by atoms with Gasteiger partial charge >= 0.3 is 0 Å². The number of aliphatic imine (C=N–C) groups is 1. The van der Waals surface area contributed by atoms with Gasteiger partial charge in [0.05, 0.1) is 4.90 Å². The number of nitrogens with one attached hydrogen (secondary N) is 2. The predicted molar refractivity (Wildman–Crippen MR) is 122 cm³/mol. The fourth-order valence-electron chi connectivity index (χ4n) is 2.42. The van der Waals surface area contributed by atoms with E-state index in [1.54, 1.807) is 31.3 Å². The maximum Gasteiger partial charge on any atom is 0.248 e. The first kappa shape index (κ1) is 23.9. The molecule has 0 aromatic heterocycles. The van der Waals surface area contributed by atoms with Gasteiger partial charge in [-0.05, 0) is 41.8 Å². The van der Waals surface area contributed by atoms with Crippen molar-refractivity contribution >= 4 is 45.7 Å². The van der Waals surface area contributed by atoms with Gasteiger partial charge in [0.1, 0.15) is 0 Å². The molecule has 0 aliphatic carbocycles. The van der Waals surface area contributed by atoms with Crippen molar-refractivity contribution in [3.63, 3.8) is 0 Å². The molecule has 2 rings (SSSR count). The minimum Gasteiger partial charge on any atom is -0.366 e. The van der Waals surface area contributed by atoms with Gasteiger partial charge in [0.25, 0.3) is 0 Å². The van der Waals surface area contributed by atoms with Gasteiger partial charge in [-0.15, -0.1) is 24.0 Å². The fourth-order valence-corrected chi connectivity index (χ4v) is 3.05. The van der Waals surface area contributed by atoms with Gasteiger partial charge in [0, 0.05) is 32.0 Å². The average Bonchev–Trinajstić information content (AvgIpc) is 2.64. The lowest BCUT2D eigenvalue weighted by atomic mass is 10.1. The van der Waals surface area contributed by atoms with Crippen LogP contribution in [0.1, 0.15) is 21.5 Å². The minimum atomic E-state index is -3.17. The fraction of sp³-hybridized carbons (Fsp3) is 0.263. The number of amides is 1. The van der Waals surface area contributed by atoms with Crippen molar-refractivity contribution in [2.24, 2.45) is 10.7 Å². The topological polar surface area (TPSA) is 114 Å². The standard InChI is InChI=1S/C19H24N4O3S.HI/c1-21-19(23-13-15-3-7-16(8-4-15)18(20)24)22-12-11-14-5-9-17(10-6-14)27(2,25)26;/h3-10H,11-13H2,1-2H3,(H2,20,24)(H2,21,22,23);1H. The first-order valence-electron chi connectivity index (χ1n) is 8.42. The minimum absolute atomic E-state index is 0. The van der Waals surface area contributed by atoms with Gasteiger partial charge in [-0.3, -0.25) is 9.79 Å². The molecule has 0 atom stereocenters. The first-order chi connectivity index (χ1) is 12.8. The number of carbonyl (C=O) groups is 1. The second-order valence-corrected chi connectivity index (χ2v) is 8.10. The van der Waals surface area contributed by atoms with Crippen LogP contribution in [0.5, 0.6) is 0 Å². The quantitative estimate of drug-likeness (QED) is 0.295. The second kappa shape index (κ2) is 11.0. The third-order valence-electron chi connectivity index (χ3n) is 3.98. The molecule has 0 aliphatic rings. The number of carbonyl (C=O) groups excluding carboxylic acids is 1. The molecule has 9 heteroatoms. The summed E-state index contributed by atoms with van der Waals surface area (Å²) >= 11 is 0. The van der Waals surface area contributed by atoms with E-state index in [1.165, 1.54) is 6.26 Å². The number of primary amides is 1. The van der Waals surface area contributed by atoms with Crippen molar-refractivity contribution < 1.29 is 13.2 Å². The van der Waals surface area contributed by atoms with Crippen molar-refractivity contribution in [3.05, 3.63) is 65.2 Å². The number of nitrogens with two attached hydrogens (primary N) is 1. The number of hydrogen-bond acceptors (Lipinski definition) is 4. The van der Waals surface area contributed by atoms with Crippen LogP contribution in [0.15, 0.2) is 58.4 Å². The van der Waals surface area contributed by atoms with Gasteiger partial charge < -0.3 is 16.4 Å². The van der Waals surface area contributed by atoms with Gasteiger partial charge in [-0.1, -0.05) is 24.3 Å². The highest BCUT2D eigenvalue weighted by atomic mass is 127. The lowest BCUT2D eigenvalue weighted by Crippen LogP contribution is -2.37. The highest BCUT2D eigenvalue weighted by Crippen LogP contribution is 2.10. The van der Waals surface area contributed by atoms with Crippen molar-refractivity contribution in [3.8, 4) is 0 Å². The van der Waals surface area contributed by atoms with E-state index in [0.29, 0.717) is 29.5 Å². The molecule has 0 heterocycles. The molecule has 0 radical (unpaired) electrons. The Kier molecular flexibility index (Phi) is 9.39. The SMILES string of the molecule is CN=C(NCCc1ccc(S(C)(=O)=O)cc1)NCc1ccc(C(N)=O)cc1.I. The predicted octanol–water partition coefficient (Wildman–Crippen LogP) is 1.71. The molecule has 0 aliphatic heterocycles. The molecule has 0 fully saturated rings. The van der Waals surface area contributed by atoms with Gasteiger partial charge in [0.2, 0.25) is 5.91 Å². The molecule has 0 spiro atoms. The third kappa shape index (κ3) is 7.47. The smallest absolute Gasteiger partial charge is 0.248 e. The van der Waals surface area contributed by atoms with E-state index < -0.39 is 15.7 Å². The number of halogens is 1. The molecule has 7 nitrogen and oxygen atoms in total. The van der Waals surface area contributed by atoms with Gasteiger partial charge in [-0.25, -0.2) is 8.42 Å². The lowest BCUT2D eigenvalue weighted by Gasteiger charge is -2.12. The zero-order chi connectivity index (χ0) is 19.9. The second-order valence-electron chi connectivity index (χ2n) is 6.08. The molecular weight excluding hydrogens is 491 g/mol. The Labute approximate surface area is 182 Å². The van der Waals surface area contributed by atoms with Crippen LogP contribution >= 0.6 is 24.0 Å². The normalized spacial score (nSPS) is 11.4. The maximum absolute atomic E-state index is 11.5. The van der Waals surface area contributed by atoms with Gasteiger partial charge in [-0.2, -0.15) is 0 Å². The summed E-state index contributed by atoms with van der Waals surface area (Å²) in [6, 6.07) is 13.9. The average molecular weight is 516 g/mol. The molecule has 1 amide bonds. The zero-order valence-electron chi connectivity index (χ0n) is 15.8. The van der Waals surface area contributed by atoms with E-state index in [1.807, 2.05) is 24.3 Å². The summed E-state index contributed by atoms with van der Waals surface area (Å²) in [5, 5.41) is 6.40. The molecule has 2 aromatic rings. The highest BCUT2D eigenvalue weighted by molar-refractivity contribution is 14.0. The zero-order valence-corrected chi connectivity index (χ0v) is 19.0. The monoisotopic (exact) mass is 516 g/mol. The number of nitrogens with zero attached hydrogens (tertiary/aromatic N) is 1. The van der Waals surface area contributed by atoms with Gasteiger partial charge in [0.15, 0.2) is 15.8 Å².